The SMILES string of the molecule is CCCO.CNC(=O)c1cc(/C=N/OCC(=O)NC(C)C)c(F)c(F)c1Nc1ccc(C)cc1F. The van der Waals surface area contributed by atoms with E-state index >= 15 is 0 Å². The minimum atomic E-state index is -1.40. The number of halogens is 3. The maximum absolute atomic E-state index is 14.8. The molecule has 0 radical (unpaired) electrons. The Morgan fingerprint density at radius 2 is 1.83 bits per heavy atom. The van der Waals surface area contributed by atoms with Crippen molar-refractivity contribution in [3.05, 3.63) is 58.4 Å². The van der Waals surface area contributed by atoms with Crippen LogP contribution in [0.2, 0.25) is 0 Å². The molecular weight excluding hydrogens is 465 g/mol. The Bertz CT molecular complexity index is 1040. The monoisotopic (exact) mass is 496 g/mol. The molecule has 2 rings (SSSR count). The van der Waals surface area contributed by atoms with Crippen LogP contribution in [0.5, 0.6) is 0 Å². The number of carbonyl (C=O) groups excluding carboxylic acids is 2. The summed E-state index contributed by atoms with van der Waals surface area (Å²) in [6.45, 7) is 7.02. The predicted octanol–water partition coefficient (Wildman–Crippen LogP) is 3.78. The van der Waals surface area contributed by atoms with Gasteiger partial charge in [-0.3, -0.25) is 9.59 Å². The standard InChI is InChI=1S/C21H23F3N4O3.C3H8O/c1-11(2)27-17(29)10-31-26-9-13-8-14(21(30)25-4)20(19(24)18(13)23)28-16-6-5-12(3)7-15(16)22;1-2-3-4/h5-9,11,28H,10H2,1-4H3,(H,25,30)(H,27,29);4H,2-3H2,1H3/b26-9+;. The zero-order chi connectivity index (χ0) is 26.5. The summed E-state index contributed by atoms with van der Waals surface area (Å²) in [5.41, 5.74) is -0.700. The van der Waals surface area contributed by atoms with Crippen LogP contribution in [0.3, 0.4) is 0 Å². The Labute approximate surface area is 202 Å². The molecule has 0 aliphatic rings. The van der Waals surface area contributed by atoms with E-state index in [1.54, 1.807) is 26.8 Å². The van der Waals surface area contributed by atoms with Gasteiger partial charge in [0.25, 0.3) is 11.8 Å². The fourth-order valence-corrected chi connectivity index (χ4v) is 2.59. The van der Waals surface area contributed by atoms with Crippen LogP contribution >= 0.6 is 0 Å². The first-order valence-corrected chi connectivity index (χ1v) is 10.9. The van der Waals surface area contributed by atoms with Crippen LogP contribution in [0, 0.1) is 24.4 Å². The fraction of sp³-hybridized carbons (Fsp3) is 0.375. The zero-order valence-corrected chi connectivity index (χ0v) is 20.3. The molecule has 2 aromatic carbocycles. The van der Waals surface area contributed by atoms with Crippen molar-refractivity contribution in [1.82, 2.24) is 10.6 Å². The maximum Gasteiger partial charge on any atom is 0.260 e. The number of amides is 2. The molecule has 0 aromatic heterocycles. The number of aliphatic hydroxyl groups excluding tert-OH is 1. The third kappa shape index (κ3) is 9.28. The quantitative estimate of drug-likeness (QED) is 0.312. The Morgan fingerprint density at radius 1 is 1.17 bits per heavy atom. The molecule has 0 spiro atoms. The molecule has 2 aromatic rings. The summed E-state index contributed by atoms with van der Waals surface area (Å²) in [5.74, 6) is -4.60. The van der Waals surface area contributed by atoms with Crippen LogP contribution in [-0.4, -0.2) is 49.4 Å². The number of benzene rings is 2. The van der Waals surface area contributed by atoms with Crippen LogP contribution in [-0.2, 0) is 9.63 Å². The highest BCUT2D eigenvalue weighted by Gasteiger charge is 2.22. The largest absolute Gasteiger partial charge is 0.396 e. The van der Waals surface area contributed by atoms with Crippen LogP contribution in [0.15, 0.2) is 29.4 Å². The number of anilines is 2. The number of oxime groups is 1. The first-order chi connectivity index (χ1) is 16.5. The van der Waals surface area contributed by atoms with Gasteiger partial charge in [0.2, 0.25) is 0 Å². The Kier molecular flexibility index (Phi) is 12.3. The topological polar surface area (TPSA) is 112 Å². The summed E-state index contributed by atoms with van der Waals surface area (Å²) in [6.07, 6.45) is 1.71. The molecule has 35 heavy (non-hydrogen) atoms. The molecule has 0 atom stereocenters. The second-order valence-corrected chi connectivity index (χ2v) is 7.66. The number of carbonyl (C=O) groups is 2. The number of rotatable bonds is 9. The summed E-state index contributed by atoms with van der Waals surface area (Å²) < 4.78 is 43.5. The predicted molar refractivity (Wildman–Crippen MR) is 128 cm³/mol. The van der Waals surface area contributed by atoms with E-state index in [4.69, 9.17) is 9.94 Å². The Morgan fingerprint density at radius 3 is 2.37 bits per heavy atom. The molecular formula is C24H31F3N4O4. The molecule has 2 amide bonds. The third-order valence-electron chi connectivity index (χ3n) is 4.23. The first-order valence-electron chi connectivity index (χ1n) is 10.9. The molecule has 8 nitrogen and oxygen atoms in total. The van der Waals surface area contributed by atoms with Gasteiger partial charge in [-0.1, -0.05) is 18.1 Å². The van der Waals surface area contributed by atoms with Gasteiger partial charge in [0, 0.05) is 25.3 Å². The minimum absolute atomic E-state index is 0.0971. The third-order valence-corrected chi connectivity index (χ3v) is 4.23. The number of hydrogen-bond donors (Lipinski definition) is 4. The van der Waals surface area contributed by atoms with Gasteiger partial charge in [-0.05, 0) is 51.0 Å². The van der Waals surface area contributed by atoms with Gasteiger partial charge in [0.15, 0.2) is 18.2 Å². The molecule has 0 saturated heterocycles. The van der Waals surface area contributed by atoms with E-state index in [2.05, 4.69) is 21.1 Å². The zero-order valence-electron chi connectivity index (χ0n) is 20.3. The summed E-state index contributed by atoms with van der Waals surface area (Å²) in [6, 6.07) is 5.07. The lowest BCUT2D eigenvalue weighted by Crippen LogP contribution is -2.32. The number of nitrogens with one attached hydrogen (secondary N) is 3. The molecule has 0 aliphatic carbocycles. The van der Waals surface area contributed by atoms with Crippen molar-refractivity contribution >= 4 is 29.4 Å². The van der Waals surface area contributed by atoms with Crippen LogP contribution in [0.4, 0.5) is 24.5 Å². The molecule has 192 valence electrons. The van der Waals surface area contributed by atoms with Gasteiger partial charge < -0.3 is 25.9 Å². The van der Waals surface area contributed by atoms with Crippen molar-refractivity contribution < 1.29 is 32.7 Å². The van der Waals surface area contributed by atoms with E-state index in [1.807, 2.05) is 6.92 Å². The highest BCUT2D eigenvalue weighted by Crippen LogP contribution is 2.30. The van der Waals surface area contributed by atoms with Crippen molar-refractivity contribution in [1.29, 1.82) is 0 Å². The molecule has 4 N–H and O–H groups in total. The average Bonchev–Trinajstić information content (AvgIpc) is 2.81. The fourth-order valence-electron chi connectivity index (χ4n) is 2.59. The maximum atomic E-state index is 14.8. The highest BCUT2D eigenvalue weighted by atomic mass is 19.2. The second kappa shape index (κ2) is 14.6. The Hall–Kier alpha value is -3.60. The lowest BCUT2D eigenvalue weighted by molar-refractivity contribution is -0.126. The van der Waals surface area contributed by atoms with Gasteiger partial charge in [-0.15, -0.1) is 0 Å². The van der Waals surface area contributed by atoms with E-state index < -0.39 is 47.1 Å². The summed E-state index contributed by atoms with van der Waals surface area (Å²) in [5, 5.41) is 18.6. The lowest BCUT2D eigenvalue weighted by Gasteiger charge is -2.15. The number of nitrogens with zero attached hydrogens (tertiary/aromatic N) is 1. The van der Waals surface area contributed by atoms with Crippen molar-refractivity contribution in [3.8, 4) is 0 Å². The van der Waals surface area contributed by atoms with E-state index in [9.17, 15) is 22.8 Å². The van der Waals surface area contributed by atoms with Crippen molar-refractivity contribution in [2.75, 3.05) is 25.6 Å². The van der Waals surface area contributed by atoms with Crippen molar-refractivity contribution in [3.63, 3.8) is 0 Å². The highest BCUT2D eigenvalue weighted by molar-refractivity contribution is 6.02. The van der Waals surface area contributed by atoms with E-state index in [1.165, 1.54) is 19.2 Å². The Balaban J connectivity index is 0.00000142. The van der Waals surface area contributed by atoms with E-state index in [0.29, 0.717) is 12.2 Å². The van der Waals surface area contributed by atoms with Crippen LogP contribution in [0.1, 0.15) is 48.7 Å². The molecule has 0 aliphatic heterocycles. The van der Waals surface area contributed by atoms with Gasteiger partial charge in [-0.2, -0.15) is 0 Å². The molecule has 0 bridgehead atoms. The van der Waals surface area contributed by atoms with E-state index in [0.717, 1.165) is 18.7 Å². The average molecular weight is 497 g/mol. The van der Waals surface area contributed by atoms with Crippen LogP contribution in [0.25, 0.3) is 0 Å². The molecule has 0 unspecified atom stereocenters. The van der Waals surface area contributed by atoms with Crippen molar-refractivity contribution in [2.45, 2.75) is 40.2 Å². The molecule has 0 heterocycles. The smallest absolute Gasteiger partial charge is 0.260 e. The summed E-state index contributed by atoms with van der Waals surface area (Å²) in [4.78, 5) is 28.5. The first kappa shape index (κ1) is 29.4. The van der Waals surface area contributed by atoms with Gasteiger partial charge in [0.1, 0.15) is 5.82 Å². The molecule has 0 fully saturated rings. The molecule has 11 heteroatoms. The van der Waals surface area contributed by atoms with Gasteiger partial charge in [-0.25, -0.2) is 13.2 Å². The van der Waals surface area contributed by atoms with Crippen LogP contribution < -0.4 is 16.0 Å². The second-order valence-electron chi connectivity index (χ2n) is 7.66. The normalized spacial score (nSPS) is 10.6. The summed E-state index contributed by atoms with van der Waals surface area (Å²) in [7, 11) is 1.31. The van der Waals surface area contributed by atoms with Gasteiger partial charge in [0.05, 0.1) is 23.2 Å². The van der Waals surface area contributed by atoms with Crippen molar-refractivity contribution in [2.24, 2.45) is 5.16 Å². The van der Waals surface area contributed by atoms with E-state index in [-0.39, 0.29) is 17.3 Å². The minimum Gasteiger partial charge on any atom is -0.396 e. The number of aryl methyl sites for hydroxylation is 1. The molecule has 0 saturated carbocycles. The van der Waals surface area contributed by atoms with Gasteiger partial charge >= 0.3 is 0 Å². The summed E-state index contributed by atoms with van der Waals surface area (Å²) >= 11 is 0. The lowest BCUT2D eigenvalue weighted by atomic mass is 10.1. The number of hydrogen-bond acceptors (Lipinski definition) is 6. The number of aliphatic hydroxyl groups is 1.